The van der Waals surface area contributed by atoms with Crippen LogP contribution >= 0.6 is 7.82 Å². The van der Waals surface area contributed by atoms with E-state index >= 15 is 0 Å². The van der Waals surface area contributed by atoms with Crippen molar-refractivity contribution >= 4 is 7.82 Å². The van der Waals surface area contributed by atoms with Crippen LogP contribution in [0.2, 0.25) is 0 Å². The summed E-state index contributed by atoms with van der Waals surface area (Å²) in [7, 11) is -4.16. The highest BCUT2D eigenvalue weighted by Crippen LogP contribution is 2.42. The van der Waals surface area contributed by atoms with Gasteiger partial charge in [0.2, 0.25) is 0 Å². The fourth-order valence-corrected chi connectivity index (χ4v) is 1.94. The Labute approximate surface area is 91.6 Å². The lowest BCUT2D eigenvalue weighted by atomic mass is 10.2. The van der Waals surface area contributed by atoms with Gasteiger partial charge in [0.1, 0.15) is 0 Å². The molecule has 0 aromatic rings. The summed E-state index contributed by atoms with van der Waals surface area (Å²) in [5.74, 6) is 2.47. The number of terminal acetylenes is 1. The lowest BCUT2D eigenvalue weighted by Gasteiger charge is -2.30. The zero-order chi connectivity index (χ0) is 11.9. The lowest BCUT2D eigenvalue weighted by molar-refractivity contribution is -0.233. The van der Waals surface area contributed by atoms with E-state index in [-0.39, 0.29) is 6.61 Å². The summed E-state index contributed by atoms with van der Waals surface area (Å²) in [6, 6.07) is 0. The van der Waals surface area contributed by atoms with Crippen molar-refractivity contribution in [3.05, 3.63) is 0 Å². The van der Waals surface area contributed by atoms with Crippen LogP contribution < -0.4 is 4.89 Å². The summed E-state index contributed by atoms with van der Waals surface area (Å²) in [6.07, 6.45) is 7.05. The zero-order valence-electron chi connectivity index (χ0n) is 9.49. The third kappa shape index (κ3) is 9.96. The van der Waals surface area contributed by atoms with Gasteiger partial charge in [-0.3, -0.25) is 4.57 Å². The van der Waals surface area contributed by atoms with Gasteiger partial charge < -0.3 is 13.9 Å². The first-order valence-electron chi connectivity index (χ1n) is 4.87. The molecule has 0 spiro atoms. The number of hydrogen-bond donors (Lipinski definition) is 0. The fourth-order valence-electron chi connectivity index (χ4n) is 0.867. The Kier molecular flexibility index (Phi) is 6.16. The van der Waals surface area contributed by atoms with E-state index in [1.54, 1.807) is 20.8 Å². The standard InChI is InChI=1S/C10H19O4P/c1-5-6-7-8-9-13-15(11,12)14-10(2,3)4/h1H,6-9H2,2-4H3,(H,11,12)/p-1. The van der Waals surface area contributed by atoms with Gasteiger partial charge in [-0.1, -0.05) is 0 Å². The van der Waals surface area contributed by atoms with Gasteiger partial charge in [0, 0.05) is 6.42 Å². The van der Waals surface area contributed by atoms with Crippen molar-refractivity contribution in [2.24, 2.45) is 0 Å². The summed E-state index contributed by atoms with van der Waals surface area (Å²) in [4.78, 5) is 11.2. The molecule has 0 heterocycles. The molecule has 0 radical (unpaired) electrons. The Morgan fingerprint density at radius 1 is 1.40 bits per heavy atom. The Morgan fingerprint density at radius 3 is 2.47 bits per heavy atom. The van der Waals surface area contributed by atoms with E-state index in [2.05, 4.69) is 10.4 Å². The van der Waals surface area contributed by atoms with Gasteiger partial charge in [-0.25, -0.2) is 0 Å². The van der Waals surface area contributed by atoms with Crippen molar-refractivity contribution in [2.75, 3.05) is 6.61 Å². The van der Waals surface area contributed by atoms with Crippen LogP contribution in [-0.4, -0.2) is 12.2 Å². The Balaban J connectivity index is 3.76. The minimum absolute atomic E-state index is 0.124. The van der Waals surface area contributed by atoms with E-state index in [9.17, 15) is 9.46 Å². The van der Waals surface area contributed by atoms with Crippen molar-refractivity contribution < 1.29 is 18.5 Å². The van der Waals surface area contributed by atoms with Gasteiger partial charge in [0.15, 0.2) is 0 Å². The summed E-state index contributed by atoms with van der Waals surface area (Å²) < 4.78 is 20.7. The SMILES string of the molecule is C#CCCCCOP(=O)([O-])OC(C)(C)C. The van der Waals surface area contributed by atoms with Crippen molar-refractivity contribution in [1.29, 1.82) is 0 Å². The van der Waals surface area contributed by atoms with E-state index in [1.807, 2.05) is 0 Å². The summed E-state index contributed by atoms with van der Waals surface area (Å²) in [6.45, 7) is 5.08. The van der Waals surface area contributed by atoms with Crippen LogP contribution in [0.15, 0.2) is 0 Å². The highest BCUT2D eigenvalue weighted by atomic mass is 31.2. The van der Waals surface area contributed by atoms with Crippen LogP contribution in [0, 0.1) is 12.3 Å². The van der Waals surface area contributed by atoms with Gasteiger partial charge in [-0.2, -0.15) is 0 Å². The average Bonchev–Trinajstić information content (AvgIpc) is 1.99. The molecule has 0 saturated carbocycles. The monoisotopic (exact) mass is 233 g/mol. The third-order valence-electron chi connectivity index (χ3n) is 1.35. The first-order chi connectivity index (χ1) is 6.77. The molecule has 1 unspecified atom stereocenters. The molecule has 5 heteroatoms. The molecule has 0 aromatic carbocycles. The summed E-state index contributed by atoms with van der Waals surface area (Å²) in [5.41, 5.74) is -0.754. The molecule has 0 N–H and O–H groups in total. The second-order valence-corrected chi connectivity index (χ2v) is 5.48. The van der Waals surface area contributed by atoms with E-state index in [4.69, 9.17) is 10.9 Å². The Hall–Kier alpha value is -0.330. The molecule has 0 aromatic heterocycles. The van der Waals surface area contributed by atoms with E-state index < -0.39 is 13.4 Å². The molecule has 1 atom stereocenters. The van der Waals surface area contributed by atoms with Gasteiger partial charge in [0.25, 0.3) is 7.82 Å². The van der Waals surface area contributed by atoms with E-state index in [0.29, 0.717) is 12.8 Å². The predicted molar refractivity (Wildman–Crippen MR) is 57.1 cm³/mol. The smallest absolute Gasteiger partial charge is 0.268 e. The quantitative estimate of drug-likeness (QED) is 0.400. The highest BCUT2D eigenvalue weighted by Gasteiger charge is 2.19. The average molecular weight is 233 g/mol. The predicted octanol–water partition coefficient (Wildman–Crippen LogP) is 2.09. The molecule has 0 aliphatic rings. The number of rotatable bonds is 6. The fraction of sp³-hybridized carbons (Fsp3) is 0.800. The van der Waals surface area contributed by atoms with Gasteiger partial charge >= 0.3 is 0 Å². The maximum atomic E-state index is 11.2. The van der Waals surface area contributed by atoms with Crippen LogP contribution in [-0.2, 0) is 13.6 Å². The molecule has 0 aliphatic heterocycles. The molecule has 88 valence electrons. The molecular weight excluding hydrogens is 215 g/mol. The Morgan fingerprint density at radius 2 is 2.00 bits per heavy atom. The minimum atomic E-state index is -4.16. The number of hydrogen-bond acceptors (Lipinski definition) is 4. The van der Waals surface area contributed by atoms with Crippen molar-refractivity contribution in [2.45, 2.75) is 45.6 Å². The van der Waals surface area contributed by atoms with Crippen LogP contribution in [0.25, 0.3) is 0 Å². The topological polar surface area (TPSA) is 58.6 Å². The molecule has 4 nitrogen and oxygen atoms in total. The molecule has 0 rings (SSSR count). The van der Waals surface area contributed by atoms with E-state index in [0.717, 1.165) is 6.42 Å². The van der Waals surface area contributed by atoms with E-state index in [1.165, 1.54) is 0 Å². The van der Waals surface area contributed by atoms with Gasteiger partial charge in [0.05, 0.1) is 12.2 Å². The molecular formula is C10H18O4P-. The number of phosphoric acid groups is 1. The molecule has 0 amide bonds. The first kappa shape index (κ1) is 14.7. The summed E-state index contributed by atoms with van der Waals surface area (Å²) in [5, 5.41) is 0. The minimum Gasteiger partial charge on any atom is -0.756 e. The van der Waals surface area contributed by atoms with Gasteiger partial charge in [-0.05, 0) is 33.6 Å². The number of phosphoric ester groups is 1. The van der Waals surface area contributed by atoms with Crippen LogP contribution in [0.1, 0.15) is 40.0 Å². The third-order valence-corrected chi connectivity index (χ3v) is 2.62. The normalized spacial score (nSPS) is 15.7. The van der Waals surface area contributed by atoms with Gasteiger partial charge in [-0.15, -0.1) is 12.3 Å². The van der Waals surface area contributed by atoms with Crippen molar-refractivity contribution in [3.8, 4) is 12.3 Å². The largest absolute Gasteiger partial charge is 0.756 e. The molecule has 0 bridgehead atoms. The van der Waals surface area contributed by atoms with Crippen LogP contribution in [0.5, 0.6) is 0 Å². The maximum Gasteiger partial charge on any atom is 0.268 e. The highest BCUT2D eigenvalue weighted by molar-refractivity contribution is 7.45. The maximum absolute atomic E-state index is 11.2. The lowest BCUT2D eigenvalue weighted by Crippen LogP contribution is -2.22. The second-order valence-electron chi connectivity index (χ2n) is 4.15. The molecule has 15 heavy (non-hydrogen) atoms. The zero-order valence-corrected chi connectivity index (χ0v) is 10.4. The van der Waals surface area contributed by atoms with Crippen LogP contribution in [0.3, 0.4) is 0 Å². The summed E-state index contributed by atoms with van der Waals surface area (Å²) >= 11 is 0. The van der Waals surface area contributed by atoms with Crippen molar-refractivity contribution in [3.63, 3.8) is 0 Å². The Bertz CT molecular complexity index is 262. The molecule has 0 fully saturated rings. The first-order valence-corrected chi connectivity index (χ1v) is 6.33. The molecule has 0 aliphatic carbocycles. The molecule has 0 saturated heterocycles. The second kappa shape index (κ2) is 6.30. The number of unbranched alkanes of at least 4 members (excludes halogenated alkanes) is 2. The van der Waals surface area contributed by atoms with Crippen LogP contribution in [0.4, 0.5) is 0 Å². The van der Waals surface area contributed by atoms with Crippen molar-refractivity contribution in [1.82, 2.24) is 0 Å².